The second-order valence-corrected chi connectivity index (χ2v) is 7.85. The molecule has 3 rings (SSSR count). The fraction of sp³-hybridized carbons (Fsp3) is 0.435. The summed E-state index contributed by atoms with van der Waals surface area (Å²) < 4.78 is 38.5. The van der Waals surface area contributed by atoms with Crippen molar-refractivity contribution in [3.05, 3.63) is 63.1 Å². The van der Waals surface area contributed by atoms with Crippen molar-refractivity contribution in [1.82, 2.24) is 9.58 Å². The van der Waals surface area contributed by atoms with Gasteiger partial charge in [0.2, 0.25) is 5.43 Å². The molecule has 9 nitrogen and oxygen atoms in total. The molecule has 1 amide bonds. The number of fused-ring (bicyclic) bond motifs is 1. The smallest absolute Gasteiger partial charge is 0.277 e. The van der Waals surface area contributed by atoms with Crippen LogP contribution in [0.1, 0.15) is 39.3 Å². The Morgan fingerprint density at radius 2 is 1.85 bits per heavy atom. The molecule has 0 spiro atoms. The predicted molar refractivity (Wildman–Crippen MR) is 119 cm³/mol. The van der Waals surface area contributed by atoms with Crippen LogP contribution in [0.2, 0.25) is 0 Å². The maximum absolute atomic E-state index is 13.9. The molecule has 0 fully saturated rings. The molecule has 0 aliphatic carbocycles. The summed E-state index contributed by atoms with van der Waals surface area (Å²) in [7, 11) is 3.06. The molecule has 34 heavy (non-hydrogen) atoms. The Bertz CT molecular complexity index is 1120. The lowest BCUT2D eigenvalue weighted by atomic mass is 10.0. The molecule has 0 bridgehead atoms. The van der Waals surface area contributed by atoms with E-state index in [1.165, 1.54) is 28.9 Å². The van der Waals surface area contributed by atoms with Gasteiger partial charge in [0, 0.05) is 46.1 Å². The van der Waals surface area contributed by atoms with Crippen molar-refractivity contribution < 1.29 is 33.0 Å². The van der Waals surface area contributed by atoms with Gasteiger partial charge in [-0.1, -0.05) is 6.07 Å². The first-order valence-electron chi connectivity index (χ1n) is 10.8. The van der Waals surface area contributed by atoms with Gasteiger partial charge in [0.05, 0.1) is 18.7 Å². The number of carbonyl (C=O) groups is 2. The Morgan fingerprint density at radius 1 is 1.12 bits per heavy atom. The van der Waals surface area contributed by atoms with E-state index in [0.717, 1.165) is 12.1 Å². The van der Waals surface area contributed by atoms with E-state index in [2.05, 4.69) is 0 Å². The average Bonchev–Trinajstić information content (AvgIpc) is 2.81. The molecule has 0 saturated heterocycles. The summed E-state index contributed by atoms with van der Waals surface area (Å²) in [4.78, 5) is 40.1. The van der Waals surface area contributed by atoms with Crippen LogP contribution in [0, 0.1) is 11.6 Å². The highest BCUT2D eigenvalue weighted by Gasteiger charge is 2.34. The molecule has 11 heteroatoms. The van der Waals surface area contributed by atoms with Crippen LogP contribution in [0.25, 0.3) is 0 Å². The van der Waals surface area contributed by atoms with Gasteiger partial charge in [0.15, 0.2) is 17.2 Å². The van der Waals surface area contributed by atoms with Gasteiger partial charge in [-0.15, -0.1) is 0 Å². The standard InChI is InChI=1S/C23H27F2N3O6/c1-33-10-3-8-26-14-27(9-11-34-2)28-13-17(21(30)22(31)20(28)23(26)32)19(29)7-5-15-4-6-16(24)12-18(15)25/h4,6,12-13,31H,3,5,7-11,14H2,1-2H3. The van der Waals surface area contributed by atoms with E-state index in [1.807, 2.05) is 0 Å². The van der Waals surface area contributed by atoms with Crippen LogP contribution in [0.15, 0.2) is 29.2 Å². The van der Waals surface area contributed by atoms with Crippen molar-refractivity contribution in [2.75, 3.05) is 52.2 Å². The van der Waals surface area contributed by atoms with Crippen molar-refractivity contribution >= 4 is 11.7 Å². The number of hydrogen-bond acceptors (Lipinski definition) is 7. The predicted octanol–water partition coefficient (Wildman–Crippen LogP) is 1.68. The maximum atomic E-state index is 13.9. The topological polar surface area (TPSA) is 101 Å². The third kappa shape index (κ3) is 5.42. The number of Topliss-reactive ketones (excluding diaryl/α,β-unsaturated/α-hetero) is 1. The number of benzene rings is 1. The van der Waals surface area contributed by atoms with Crippen molar-refractivity contribution in [3.8, 4) is 5.75 Å². The summed E-state index contributed by atoms with van der Waals surface area (Å²) in [6.07, 6.45) is 1.47. The lowest BCUT2D eigenvalue weighted by molar-refractivity contribution is 0.0656. The number of aryl methyl sites for hydroxylation is 1. The molecular weight excluding hydrogens is 452 g/mol. The number of rotatable bonds is 11. The van der Waals surface area contributed by atoms with E-state index in [4.69, 9.17) is 9.47 Å². The molecule has 0 unspecified atom stereocenters. The van der Waals surface area contributed by atoms with Gasteiger partial charge < -0.3 is 19.5 Å². The molecule has 0 radical (unpaired) electrons. The van der Waals surface area contributed by atoms with Gasteiger partial charge in [-0.2, -0.15) is 0 Å². The Labute approximate surface area is 195 Å². The minimum absolute atomic E-state index is 0.0630. The van der Waals surface area contributed by atoms with E-state index in [9.17, 15) is 28.3 Å². The normalized spacial score (nSPS) is 13.4. The molecule has 1 aliphatic rings. The maximum Gasteiger partial charge on any atom is 0.277 e. The number of aromatic nitrogens is 1. The molecule has 0 saturated carbocycles. The first-order chi connectivity index (χ1) is 16.3. The number of halogens is 2. The van der Waals surface area contributed by atoms with Crippen LogP contribution in [0.5, 0.6) is 5.75 Å². The van der Waals surface area contributed by atoms with Gasteiger partial charge in [-0.3, -0.25) is 24.1 Å². The SMILES string of the molecule is COCCCN1CN(CCOC)n2cc(C(=O)CCc3ccc(F)cc3F)c(=O)c(O)c2C1=O. The zero-order chi connectivity index (χ0) is 24.8. The first kappa shape index (κ1) is 25.3. The summed E-state index contributed by atoms with van der Waals surface area (Å²) in [5, 5.41) is 12.3. The third-order valence-corrected chi connectivity index (χ3v) is 5.56. The van der Waals surface area contributed by atoms with Crippen LogP contribution < -0.4 is 10.4 Å². The minimum Gasteiger partial charge on any atom is -0.502 e. The molecule has 1 aromatic carbocycles. The van der Waals surface area contributed by atoms with Gasteiger partial charge in [0.25, 0.3) is 5.91 Å². The van der Waals surface area contributed by atoms with Crippen LogP contribution >= 0.6 is 0 Å². The number of pyridine rings is 1. The monoisotopic (exact) mass is 479 g/mol. The fourth-order valence-corrected chi connectivity index (χ4v) is 3.74. The zero-order valence-electron chi connectivity index (χ0n) is 19.1. The van der Waals surface area contributed by atoms with Crippen molar-refractivity contribution in [1.29, 1.82) is 0 Å². The summed E-state index contributed by atoms with van der Waals surface area (Å²) >= 11 is 0. The number of methoxy groups -OCH3 is 2. The van der Waals surface area contributed by atoms with Crippen LogP contribution in [-0.2, 0) is 15.9 Å². The number of amides is 1. The van der Waals surface area contributed by atoms with Gasteiger partial charge >= 0.3 is 0 Å². The molecule has 1 N–H and O–H groups in total. The second kappa shape index (κ2) is 11.2. The molecule has 2 aromatic rings. The summed E-state index contributed by atoms with van der Waals surface area (Å²) in [5.74, 6) is -3.54. The molecule has 184 valence electrons. The first-order valence-corrected chi connectivity index (χ1v) is 10.8. The van der Waals surface area contributed by atoms with Crippen molar-refractivity contribution in [2.24, 2.45) is 0 Å². The highest BCUT2D eigenvalue weighted by atomic mass is 19.1. The highest BCUT2D eigenvalue weighted by molar-refractivity contribution is 6.00. The van der Waals surface area contributed by atoms with E-state index in [1.54, 1.807) is 12.1 Å². The van der Waals surface area contributed by atoms with Gasteiger partial charge in [-0.25, -0.2) is 8.78 Å². The highest BCUT2D eigenvalue weighted by Crippen LogP contribution is 2.22. The third-order valence-electron chi connectivity index (χ3n) is 5.56. The number of aromatic hydroxyl groups is 1. The van der Waals surface area contributed by atoms with Gasteiger partial charge in [-0.05, 0) is 24.5 Å². The second-order valence-electron chi connectivity index (χ2n) is 7.85. The fourth-order valence-electron chi connectivity index (χ4n) is 3.74. The lowest BCUT2D eigenvalue weighted by Gasteiger charge is -2.39. The number of ether oxygens (including phenoxy) is 2. The Morgan fingerprint density at radius 3 is 2.53 bits per heavy atom. The van der Waals surface area contributed by atoms with Crippen LogP contribution in [-0.4, -0.2) is 73.6 Å². The summed E-state index contributed by atoms with van der Waals surface area (Å²) in [5.41, 5.74) is -1.42. The van der Waals surface area contributed by atoms with Gasteiger partial charge in [0.1, 0.15) is 18.3 Å². The number of nitrogens with zero attached hydrogens (tertiary/aromatic N) is 3. The zero-order valence-corrected chi connectivity index (χ0v) is 19.1. The van der Waals surface area contributed by atoms with Crippen molar-refractivity contribution in [3.63, 3.8) is 0 Å². The van der Waals surface area contributed by atoms with E-state index in [0.29, 0.717) is 32.7 Å². The Hall–Kier alpha value is -3.31. The molecule has 1 aliphatic heterocycles. The van der Waals surface area contributed by atoms with E-state index in [-0.39, 0.29) is 36.3 Å². The summed E-state index contributed by atoms with van der Waals surface area (Å²) in [6, 6.07) is 3.04. The quantitative estimate of drug-likeness (QED) is 0.387. The van der Waals surface area contributed by atoms with E-state index < -0.39 is 34.5 Å². The molecule has 2 heterocycles. The molecule has 1 aromatic heterocycles. The summed E-state index contributed by atoms with van der Waals surface area (Å²) in [6.45, 7) is 1.53. The van der Waals surface area contributed by atoms with Crippen molar-refractivity contribution in [2.45, 2.75) is 19.3 Å². The van der Waals surface area contributed by atoms with Crippen LogP contribution in [0.4, 0.5) is 8.78 Å². The number of carbonyl (C=O) groups excluding carboxylic acids is 2. The lowest BCUT2D eigenvalue weighted by Crippen LogP contribution is -2.55. The van der Waals surface area contributed by atoms with Crippen LogP contribution in [0.3, 0.4) is 0 Å². The Balaban J connectivity index is 1.91. The molecule has 0 atom stereocenters. The largest absolute Gasteiger partial charge is 0.502 e. The van der Waals surface area contributed by atoms with E-state index >= 15 is 0 Å². The number of ketones is 1. The Kier molecular flexibility index (Phi) is 8.35. The molecular formula is C23H27F2N3O6. The average molecular weight is 479 g/mol. The number of hydrogen-bond donors (Lipinski definition) is 1. The minimum atomic E-state index is -0.977.